The quantitative estimate of drug-likeness (QED) is 0.315. The molecule has 4 heterocycles. The summed E-state index contributed by atoms with van der Waals surface area (Å²) < 4.78 is 78.1. The number of halogens is 3. The lowest BCUT2D eigenvalue weighted by Crippen LogP contribution is -2.48. The van der Waals surface area contributed by atoms with Crippen molar-refractivity contribution in [2.24, 2.45) is 0 Å². The molecule has 232 valence electrons. The number of nitrogen functional groups attached to an aromatic ring is 1. The van der Waals surface area contributed by atoms with Crippen molar-refractivity contribution in [3.63, 3.8) is 0 Å². The maximum atomic E-state index is 13.5. The molecule has 3 N–H and O–H groups in total. The molecule has 1 aromatic carbocycles. The Kier molecular flexibility index (Phi) is 8.67. The number of nitrogens with one attached hydrogen (secondary N) is 1. The molecule has 0 aliphatic carbocycles. The maximum Gasteiger partial charge on any atom is 0.573 e. The third-order valence-corrected chi connectivity index (χ3v) is 10.2. The lowest BCUT2D eigenvalue weighted by atomic mass is 10.00. The SMILES string of the molecule is CCOC(=O)[C@@H](Cc1cc2ccnc(N)c2cc1OC(F)(F)F)N1CC[C@H](NS(=O)(=O)c2cnc(N3CCCC3)s2)C1=O. The first kappa shape index (κ1) is 30.7. The summed E-state index contributed by atoms with van der Waals surface area (Å²) in [6, 6.07) is 1.43. The van der Waals surface area contributed by atoms with Gasteiger partial charge in [0.05, 0.1) is 12.8 Å². The number of pyridine rings is 1. The minimum absolute atomic E-state index is 0.0173. The summed E-state index contributed by atoms with van der Waals surface area (Å²) in [7, 11) is -4.13. The van der Waals surface area contributed by atoms with Gasteiger partial charge in [0.25, 0.3) is 10.0 Å². The highest BCUT2D eigenvalue weighted by Crippen LogP contribution is 2.35. The zero-order valence-corrected chi connectivity index (χ0v) is 24.6. The Bertz CT molecular complexity index is 1630. The van der Waals surface area contributed by atoms with Crippen LogP contribution in [0.4, 0.5) is 24.1 Å². The smallest absolute Gasteiger partial charge is 0.464 e. The molecule has 0 spiro atoms. The van der Waals surface area contributed by atoms with Gasteiger partial charge in [0.2, 0.25) is 5.91 Å². The van der Waals surface area contributed by atoms with Gasteiger partial charge in [-0.05, 0) is 55.3 Å². The molecule has 2 aliphatic heterocycles. The lowest BCUT2D eigenvalue weighted by molar-refractivity contribution is -0.274. The van der Waals surface area contributed by atoms with Crippen molar-refractivity contribution >= 4 is 55.0 Å². The first-order valence-electron chi connectivity index (χ1n) is 13.5. The first-order valence-corrected chi connectivity index (χ1v) is 15.8. The van der Waals surface area contributed by atoms with Gasteiger partial charge in [-0.1, -0.05) is 11.3 Å². The summed E-state index contributed by atoms with van der Waals surface area (Å²) in [5, 5.41) is 1.22. The molecule has 5 rings (SSSR count). The molecule has 12 nitrogen and oxygen atoms in total. The molecule has 2 saturated heterocycles. The fraction of sp³-hybridized carbons (Fsp3) is 0.462. The maximum absolute atomic E-state index is 13.5. The van der Waals surface area contributed by atoms with E-state index in [-0.39, 0.29) is 40.5 Å². The van der Waals surface area contributed by atoms with Gasteiger partial charge < -0.3 is 25.0 Å². The Morgan fingerprint density at radius 1 is 1.23 bits per heavy atom. The van der Waals surface area contributed by atoms with Crippen LogP contribution in [0.2, 0.25) is 0 Å². The number of carbonyl (C=O) groups excluding carboxylic acids is 2. The van der Waals surface area contributed by atoms with Crippen LogP contribution >= 0.6 is 11.3 Å². The van der Waals surface area contributed by atoms with Crippen molar-refractivity contribution in [1.82, 2.24) is 19.6 Å². The van der Waals surface area contributed by atoms with Crippen LogP contribution < -0.4 is 20.1 Å². The number of alkyl halides is 3. The Morgan fingerprint density at radius 2 is 1.98 bits per heavy atom. The number of amides is 1. The fourth-order valence-electron chi connectivity index (χ4n) is 5.21. The summed E-state index contributed by atoms with van der Waals surface area (Å²) in [6.07, 6.45) is -0.837. The average Bonchev–Trinajstić information content (AvgIpc) is 3.70. The number of ether oxygens (including phenoxy) is 2. The van der Waals surface area contributed by atoms with E-state index in [1.54, 1.807) is 6.92 Å². The topological polar surface area (TPSA) is 157 Å². The van der Waals surface area contributed by atoms with Crippen molar-refractivity contribution in [3.8, 4) is 5.75 Å². The lowest BCUT2D eigenvalue weighted by Gasteiger charge is -2.27. The van der Waals surface area contributed by atoms with Gasteiger partial charge in [-0.3, -0.25) is 4.79 Å². The molecule has 0 bridgehead atoms. The van der Waals surface area contributed by atoms with Crippen LogP contribution in [0.25, 0.3) is 10.8 Å². The molecule has 0 saturated carbocycles. The predicted molar refractivity (Wildman–Crippen MR) is 151 cm³/mol. The Labute approximate surface area is 249 Å². The van der Waals surface area contributed by atoms with E-state index in [0.29, 0.717) is 10.5 Å². The minimum Gasteiger partial charge on any atom is -0.464 e. The monoisotopic (exact) mass is 642 g/mol. The van der Waals surface area contributed by atoms with Crippen molar-refractivity contribution in [2.45, 2.75) is 55.3 Å². The zero-order chi connectivity index (χ0) is 30.9. The number of hydrogen-bond acceptors (Lipinski definition) is 11. The van der Waals surface area contributed by atoms with Gasteiger partial charge in [0.15, 0.2) is 9.34 Å². The van der Waals surface area contributed by atoms with E-state index in [2.05, 4.69) is 19.4 Å². The third-order valence-electron chi connectivity index (χ3n) is 7.20. The van der Waals surface area contributed by atoms with Crippen molar-refractivity contribution in [3.05, 3.63) is 36.2 Å². The van der Waals surface area contributed by atoms with Gasteiger partial charge in [-0.2, -0.15) is 4.72 Å². The third kappa shape index (κ3) is 6.78. The number of hydrogen-bond donors (Lipinski definition) is 2. The van der Waals surface area contributed by atoms with Crippen LogP contribution in [0, 0.1) is 0 Å². The standard InChI is InChI=1S/C26H29F3N6O6S2/c1-2-40-24(37)19(12-16-11-15-5-7-31-22(30)17(15)13-20(16)41-26(27,28)29)35-10-6-18(23(35)36)33-43(38,39)21-14-32-25(42-21)34-8-3-4-9-34/h5,7,11,13-14,18-19,33H,2-4,6,8-10,12H2,1H3,(H2,30,31)/t18-,19+/m0/s1. The second-order valence-electron chi connectivity index (χ2n) is 10.0. The highest BCUT2D eigenvalue weighted by Gasteiger charge is 2.42. The van der Waals surface area contributed by atoms with Crippen molar-refractivity contribution < 1.29 is 40.7 Å². The highest BCUT2D eigenvalue weighted by atomic mass is 32.2. The van der Waals surface area contributed by atoms with Crippen LogP contribution in [-0.4, -0.2) is 79.8 Å². The summed E-state index contributed by atoms with van der Waals surface area (Å²) in [5.41, 5.74) is 5.81. The van der Waals surface area contributed by atoms with E-state index in [1.165, 1.54) is 24.5 Å². The number of sulfonamides is 1. The van der Waals surface area contributed by atoms with E-state index in [9.17, 15) is 31.2 Å². The summed E-state index contributed by atoms with van der Waals surface area (Å²) in [4.78, 5) is 37.8. The molecule has 0 radical (unpaired) electrons. The van der Waals surface area contributed by atoms with Crippen molar-refractivity contribution in [1.29, 1.82) is 0 Å². The Hall–Kier alpha value is -3.70. The van der Waals surface area contributed by atoms with E-state index in [0.717, 1.165) is 48.2 Å². The normalized spacial score (nSPS) is 18.4. The Balaban J connectivity index is 1.40. The van der Waals surface area contributed by atoms with Crippen molar-refractivity contribution in [2.75, 3.05) is 36.9 Å². The van der Waals surface area contributed by atoms with Gasteiger partial charge in [-0.25, -0.2) is 23.2 Å². The average molecular weight is 643 g/mol. The summed E-state index contributed by atoms with van der Waals surface area (Å²) in [5.74, 6) is -2.20. The van der Waals surface area contributed by atoms with Crippen LogP contribution in [0.5, 0.6) is 5.75 Å². The van der Waals surface area contributed by atoms with Gasteiger partial charge >= 0.3 is 12.3 Å². The number of benzene rings is 1. The van der Waals surface area contributed by atoms with Crippen LogP contribution in [0.1, 0.15) is 31.7 Å². The van der Waals surface area contributed by atoms with Crippen LogP contribution in [-0.2, 0) is 30.8 Å². The van der Waals surface area contributed by atoms with Gasteiger partial charge in [-0.15, -0.1) is 13.2 Å². The summed E-state index contributed by atoms with van der Waals surface area (Å²) in [6.45, 7) is 3.01. The molecule has 3 aromatic rings. The Morgan fingerprint density at radius 3 is 2.67 bits per heavy atom. The van der Waals surface area contributed by atoms with Crippen LogP contribution in [0.15, 0.2) is 34.8 Å². The number of likely N-dealkylation sites (tertiary alicyclic amines) is 1. The molecule has 17 heteroatoms. The van der Waals surface area contributed by atoms with E-state index in [1.807, 2.05) is 4.90 Å². The van der Waals surface area contributed by atoms with Gasteiger partial charge in [0, 0.05) is 37.6 Å². The number of nitrogens with zero attached hydrogens (tertiary/aromatic N) is 4. The second kappa shape index (κ2) is 12.1. The van der Waals surface area contributed by atoms with E-state index >= 15 is 0 Å². The predicted octanol–water partition coefficient (Wildman–Crippen LogP) is 2.83. The number of rotatable bonds is 10. The molecule has 2 aliphatic rings. The second-order valence-corrected chi connectivity index (χ2v) is 13.0. The number of esters is 1. The fourth-order valence-corrected chi connectivity index (χ4v) is 7.62. The molecule has 0 unspecified atom stereocenters. The molecule has 1 amide bonds. The molecule has 43 heavy (non-hydrogen) atoms. The summed E-state index contributed by atoms with van der Waals surface area (Å²) >= 11 is 0.996. The number of fused-ring (bicyclic) bond motifs is 1. The van der Waals surface area contributed by atoms with Crippen LogP contribution in [0.3, 0.4) is 0 Å². The molecular formula is C26H29F3N6O6S2. The van der Waals surface area contributed by atoms with E-state index < -0.39 is 52.5 Å². The number of anilines is 2. The highest BCUT2D eigenvalue weighted by molar-refractivity contribution is 7.91. The first-order chi connectivity index (χ1) is 20.4. The largest absolute Gasteiger partial charge is 0.573 e. The molecule has 2 fully saturated rings. The van der Waals surface area contributed by atoms with E-state index in [4.69, 9.17) is 10.5 Å². The number of carbonyl (C=O) groups is 2. The van der Waals surface area contributed by atoms with Gasteiger partial charge in [0.1, 0.15) is 23.7 Å². The molecule has 2 aromatic heterocycles. The number of thiazole rings is 1. The molecule has 2 atom stereocenters. The minimum atomic E-state index is -5.06. The number of nitrogens with two attached hydrogens (primary N) is 1. The zero-order valence-electron chi connectivity index (χ0n) is 23.0. The number of aromatic nitrogens is 2. The molecular weight excluding hydrogens is 613 g/mol.